The van der Waals surface area contributed by atoms with Crippen LogP contribution in [0.25, 0.3) is 0 Å². The van der Waals surface area contributed by atoms with Crippen LogP contribution in [0.2, 0.25) is 0 Å². The van der Waals surface area contributed by atoms with E-state index >= 15 is 0 Å². The predicted octanol–water partition coefficient (Wildman–Crippen LogP) is -1.20. The maximum absolute atomic E-state index is 10.3. The number of aryl methyl sites for hydroxylation is 1. The molecule has 7 nitrogen and oxygen atoms in total. The maximum Gasteiger partial charge on any atom is 0.245 e. The lowest BCUT2D eigenvalue weighted by molar-refractivity contribution is -0.125. The van der Waals surface area contributed by atoms with E-state index in [-0.39, 0.29) is 6.61 Å². The van der Waals surface area contributed by atoms with Crippen LogP contribution in [0.3, 0.4) is 0 Å². The van der Waals surface area contributed by atoms with Crippen LogP contribution in [-0.2, 0) is 22.7 Å². The lowest BCUT2D eigenvalue weighted by atomic mass is 10.6. The van der Waals surface area contributed by atoms with Crippen LogP contribution in [0.1, 0.15) is 12.7 Å². The average Bonchev–Trinajstić information content (AvgIpc) is 2.59. The molecule has 0 saturated carbocycles. The minimum Gasteiger partial charge on any atom is -0.368 e. The van der Waals surface area contributed by atoms with Gasteiger partial charge in [-0.1, -0.05) is 0 Å². The highest BCUT2D eigenvalue weighted by Crippen LogP contribution is 1.92. The first kappa shape index (κ1) is 10.6. The Labute approximate surface area is 81.2 Å². The summed E-state index contributed by atoms with van der Waals surface area (Å²) in [5.41, 5.74) is 7.44. The largest absolute Gasteiger partial charge is 0.368 e. The van der Waals surface area contributed by atoms with Gasteiger partial charge in [0.1, 0.15) is 18.8 Å². The summed E-state index contributed by atoms with van der Waals surface area (Å²) in [6.45, 7) is 2.94. The Hall–Kier alpha value is -1.47. The van der Waals surface area contributed by atoms with Crippen molar-refractivity contribution in [3.63, 3.8) is 0 Å². The quantitative estimate of drug-likeness (QED) is 0.443. The second-order valence-corrected chi connectivity index (χ2v) is 2.57. The monoisotopic (exact) mass is 199 g/mol. The molecule has 14 heavy (non-hydrogen) atoms. The summed E-state index contributed by atoms with van der Waals surface area (Å²) >= 11 is 0. The van der Waals surface area contributed by atoms with Crippen LogP contribution in [0.15, 0.2) is 6.33 Å². The van der Waals surface area contributed by atoms with Gasteiger partial charge in [0.25, 0.3) is 0 Å². The van der Waals surface area contributed by atoms with E-state index in [1.54, 1.807) is 4.68 Å². The molecule has 0 fully saturated rings. The van der Waals surface area contributed by atoms with Crippen molar-refractivity contribution >= 4 is 5.91 Å². The zero-order valence-corrected chi connectivity index (χ0v) is 7.93. The van der Waals surface area contributed by atoms with E-state index < -0.39 is 5.91 Å². The second kappa shape index (κ2) is 5.30. The molecular formula is C7H13N5O2. The second-order valence-electron chi connectivity index (χ2n) is 2.57. The molecule has 7 heteroatoms. The van der Waals surface area contributed by atoms with Crippen LogP contribution in [0, 0.1) is 0 Å². The minimum absolute atomic E-state index is 0.153. The highest BCUT2D eigenvalue weighted by Gasteiger charge is 2.01. The van der Waals surface area contributed by atoms with E-state index in [1.165, 1.54) is 6.33 Å². The Bertz CT molecular complexity index is 298. The highest BCUT2D eigenvalue weighted by atomic mass is 16.6. The van der Waals surface area contributed by atoms with Gasteiger partial charge >= 0.3 is 0 Å². The first-order chi connectivity index (χ1) is 6.74. The molecular weight excluding hydrogens is 186 g/mol. The molecule has 1 heterocycles. The summed E-state index contributed by atoms with van der Waals surface area (Å²) in [5, 5.41) is 3.97. The molecule has 3 N–H and O–H groups in total. The number of primary amides is 1. The zero-order valence-electron chi connectivity index (χ0n) is 7.93. The van der Waals surface area contributed by atoms with Crippen molar-refractivity contribution < 1.29 is 9.63 Å². The molecule has 0 radical (unpaired) electrons. The predicted molar refractivity (Wildman–Crippen MR) is 47.7 cm³/mol. The summed E-state index contributed by atoms with van der Waals surface area (Å²) in [6.07, 6.45) is 1.47. The summed E-state index contributed by atoms with van der Waals surface area (Å²) in [4.78, 5) is 19.1. The van der Waals surface area contributed by atoms with E-state index in [4.69, 9.17) is 10.6 Å². The third-order valence-corrected chi connectivity index (χ3v) is 1.54. The number of rotatable bonds is 6. The molecule has 0 atom stereocenters. The van der Waals surface area contributed by atoms with Gasteiger partial charge in [-0.05, 0) is 6.92 Å². The van der Waals surface area contributed by atoms with Gasteiger partial charge in [0.15, 0.2) is 0 Å². The molecule has 1 aromatic rings. The molecule has 0 bridgehead atoms. The van der Waals surface area contributed by atoms with Crippen molar-refractivity contribution in [3.8, 4) is 0 Å². The number of carbonyl (C=O) groups is 1. The van der Waals surface area contributed by atoms with Gasteiger partial charge in [-0.25, -0.2) is 9.67 Å². The van der Waals surface area contributed by atoms with Gasteiger partial charge in [-0.3, -0.25) is 9.63 Å². The third kappa shape index (κ3) is 3.11. The number of hydrogen-bond donors (Lipinski definition) is 2. The third-order valence-electron chi connectivity index (χ3n) is 1.54. The summed E-state index contributed by atoms with van der Waals surface area (Å²) < 4.78 is 1.72. The Morgan fingerprint density at radius 1 is 1.79 bits per heavy atom. The average molecular weight is 199 g/mol. The molecule has 1 amide bonds. The fraction of sp³-hybridized carbons (Fsp3) is 0.571. The molecule has 1 aromatic heterocycles. The first-order valence-corrected chi connectivity index (χ1v) is 4.23. The molecule has 0 saturated heterocycles. The summed E-state index contributed by atoms with van der Waals surface area (Å²) in [6, 6.07) is 0. The van der Waals surface area contributed by atoms with Gasteiger partial charge in [-0.2, -0.15) is 10.6 Å². The van der Waals surface area contributed by atoms with Crippen molar-refractivity contribution in [2.24, 2.45) is 5.73 Å². The Kier molecular flexibility index (Phi) is 4.02. The van der Waals surface area contributed by atoms with E-state index in [2.05, 4.69) is 15.6 Å². The van der Waals surface area contributed by atoms with Crippen molar-refractivity contribution in [3.05, 3.63) is 12.2 Å². The summed E-state index contributed by atoms with van der Waals surface area (Å²) in [7, 11) is 0. The normalized spacial score (nSPS) is 10.4. The number of amides is 1. The molecule has 78 valence electrons. The lowest BCUT2D eigenvalue weighted by Gasteiger charge is -2.04. The van der Waals surface area contributed by atoms with Crippen LogP contribution in [-0.4, -0.2) is 27.3 Å². The van der Waals surface area contributed by atoms with Crippen LogP contribution in [0.4, 0.5) is 0 Å². The Morgan fingerprint density at radius 3 is 3.21 bits per heavy atom. The minimum atomic E-state index is -0.519. The van der Waals surface area contributed by atoms with Crippen molar-refractivity contribution in [2.45, 2.75) is 20.0 Å². The lowest BCUT2D eigenvalue weighted by Crippen LogP contribution is -2.25. The van der Waals surface area contributed by atoms with Gasteiger partial charge in [-0.15, -0.1) is 0 Å². The van der Waals surface area contributed by atoms with Gasteiger partial charge < -0.3 is 5.73 Å². The van der Waals surface area contributed by atoms with Gasteiger partial charge in [0, 0.05) is 6.54 Å². The molecule has 0 spiro atoms. The number of nitrogens with zero attached hydrogens (tertiary/aromatic N) is 3. The fourth-order valence-corrected chi connectivity index (χ4v) is 0.927. The van der Waals surface area contributed by atoms with E-state index in [0.29, 0.717) is 6.54 Å². The smallest absolute Gasteiger partial charge is 0.245 e. The standard InChI is InChI=1S/C7H13N5O2/c1-2-12-7(9-5-10-12)3-11-14-4-6(8)13/h5,11H,2-4H2,1H3,(H2,8,13). The SMILES string of the molecule is CCn1ncnc1CNOCC(N)=O. The fourth-order valence-electron chi connectivity index (χ4n) is 0.927. The zero-order chi connectivity index (χ0) is 10.4. The van der Waals surface area contributed by atoms with Gasteiger partial charge in [0.05, 0.1) is 6.54 Å². The number of nitrogens with two attached hydrogens (primary N) is 1. The molecule has 0 aromatic carbocycles. The number of carbonyl (C=O) groups excluding carboxylic acids is 1. The van der Waals surface area contributed by atoms with Gasteiger partial charge in [0.2, 0.25) is 5.91 Å². The number of aromatic nitrogens is 3. The number of hydroxylamine groups is 1. The van der Waals surface area contributed by atoms with Crippen molar-refractivity contribution in [1.82, 2.24) is 20.2 Å². The van der Waals surface area contributed by atoms with Crippen molar-refractivity contribution in [1.29, 1.82) is 0 Å². The highest BCUT2D eigenvalue weighted by molar-refractivity contribution is 5.74. The number of hydrogen-bond acceptors (Lipinski definition) is 5. The molecule has 0 aliphatic carbocycles. The molecule has 0 unspecified atom stereocenters. The van der Waals surface area contributed by atoms with Crippen LogP contribution >= 0.6 is 0 Å². The summed E-state index contributed by atoms with van der Waals surface area (Å²) in [5.74, 6) is 0.228. The van der Waals surface area contributed by atoms with E-state index in [0.717, 1.165) is 12.4 Å². The molecule has 1 rings (SSSR count). The van der Waals surface area contributed by atoms with Crippen LogP contribution < -0.4 is 11.2 Å². The van der Waals surface area contributed by atoms with E-state index in [1.807, 2.05) is 6.92 Å². The molecule has 0 aliphatic rings. The first-order valence-electron chi connectivity index (χ1n) is 4.23. The van der Waals surface area contributed by atoms with E-state index in [9.17, 15) is 4.79 Å². The number of nitrogens with one attached hydrogen (secondary N) is 1. The molecule has 0 aliphatic heterocycles. The van der Waals surface area contributed by atoms with Crippen LogP contribution in [0.5, 0.6) is 0 Å². The maximum atomic E-state index is 10.3. The topological polar surface area (TPSA) is 95.1 Å². The van der Waals surface area contributed by atoms with Crippen molar-refractivity contribution in [2.75, 3.05) is 6.61 Å². The Morgan fingerprint density at radius 2 is 2.57 bits per heavy atom. The Balaban J connectivity index is 2.27.